The van der Waals surface area contributed by atoms with E-state index in [2.05, 4.69) is 0 Å². The lowest BCUT2D eigenvalue weighted by Crippen LogP contribution is -1.92. The molecule has 0 spiro atoms. The van der Waals surface area contributed by atoms with E-state index in [-0.39, 0.29) is 22.1 Å². The van der Waals surface area contributed by atoms with Crippen molar-refractivity contribution < 1.29 is 15.0 Å². The van der Waals surface area contributed by atoms with Crippen LogP contribution in [0.1, 0.15) is 15.9 Å². The van der Waals surface area contributed by atoms with Gasteiger partial charge in [-0.2, -0.15) is 0 Å². The van der Waals surface area contributed by atoms with Crippen molar-refractivity contribution in [1.82, 2.24) is 0 Å². The van der Waals surface area contributed by atoms with E-state index in [1.54, 1.807) is 37.3 Å². The Morgan fingerprint density at radius 2 is 1.78 bits per heavy atom. The topological polar surface area (TPSA) is 57.5 Å². The standard InChI is InChI=1S/C14H11ClO3/c1-8-11(9-2-4-10(17)5-3-9)6-13(15)14(18)12(8)7-16/h2-7,17-18H,1H3. The summed E-state index contributed by atoms with van der Waals surface area (Å²) in [5, 5.41) is 19.1. The monoisotopic (exact) mass is 262 g/mol. The van der Waals surface area contributed by atoms with Gasteiger partial charge in [0.1, 0.15) is 11.5 Å². The van der Waals surface area contributed by atoms with E-state index < -0.39 is 0 Å². The van der Waals surface area contributed by atoms with Crippen LogP contribution in [0.4, 0.5) is 0 Å². The third kappa shape index (κ3) is 2.05. The molecule has 18 heavy (non-hydrogen) atoms. The largest absolute Gasteiger partial charge is 0.508 e. The quantitative estimate of drug-likeness (QED) is 0.814. The molecule has 2 aromatic rings. The summed E-state index contributed by atoms with van der Waals surface area (Å²) >= 11 is 5.89. The van der Waals surface area contributed by atoms with E-state index in [9.17, 15) is 15.0 Å². The summed E-state index contributed by atoms with van der Waals surface area (Å²) < 4.78 is 0. The Bertz CT molecular complexity index is 603. The molecule has 4 heteroatoms. The molecule has 0 unspecified atom stereocenters. The second kappa shape index (κ2) is 4.70. The van der Waals surface area contributed by atoms with E-state index >= 15 is 0 Å². The Morgan fingerprint density at radius 1 is 1.17 bits per heavy atom. The van der Waals surface area contributed by atoms with Crippen LogP contribution >= 0.6 is 11.6 Å². The van der Waals surface area contributed by atoms with Gasteiger partial charge in [0.05, 0.1) is 10.6 Å². The first-order chi connectivity index (χ1) is 8.54. The molecule has 92 valence electrons. The molecule has 0 radical (unpaired) electrons. The number of aromatic hydroxyl groups is 2. The molecule has 0 fully saturated rings. The molecule has 0 amide bonds. The van der Waals surface area contributed by atoms with Crippen LogP contribution in [0.2, 0.25) is 5.02 Å². The summed E-state index contributed by atoms with van der Waals surface area (Å²) in [4.78, 5) is 11.0. The van der Waals surface area contributed by atoms with Crippen LogP contribution in [-0.4, -0.2) is 16.5 Å². The fourth-order valence-corrected chi connectivity index (χ4v) is 2.05. The maximum Gasteiger partial charge on any atom is 0.154 e. The number of rotatable bonds is 2. The van der Waals surface area contributed by atoms with E-state index in [0.717, 1.165) is 11.1 Å². The van der Waals surface area contributed by atoms with Crippen molar-refractivity contribution in [2.75, 3.05) is 0 Å². The predicted octanol–water partition coefficient (Wildman–Crippen LogP) is 3.54. The normalized spacial score (nSPS) is 10.3. The Kier molecular flexibility index (Phi) is 3.26. The van der Waals surface area contributed by atoms with Crippen LogP contribution in [-0.2, 0) is 0 Å². The summed E-state index contributed by atoms with van der Waals surface area (Å²) in [7, 11) is 0. The van der Waals surface area contributed by atoms with E-state index in [0.29, 0.717) is 11.8 Å². The minimum Gasteiger partial charge on any atom is -0.508 e. The minimum atomic E-state index is -0.202. The number of carbonyl (C=O) groups excluding carboxylic acids is 1. The Labute approximate surface area is 109 Å². The molecule has 0 aliphatic heterocycles. The number of carbonyl (C=O) groups is 1. The number of benzene rings is 2. The third-order valence-electron chi connectivity index (χ3n) is 2.86. The van der Waals surface area contributed by atoms with Gasteiger partial charge in [0.2, 0.25) is 0 Å². The highest BCUT2D eigenvalue weighted by Crippen LogP contribution is 2.36. The molecule has 0 aliphatic rings. The van der Waals surface area contributed by atoms with E-state index in [1.807, 2.05) is 0 Å². The molecule has 3 nitrogen and oxygen atoms in total. The van der Waals surface area contributed by atoms with Crippen LogP contribution in [0, 0.1) is 6.92 Å². The van der Waals surface area contributed by atoms with E-state index in [1.165, 1.54) is 0 Å². The average Bonchev–Trinajstić information content (AvgIpc) is 2.36. The minimum absolute atomic E-state index is 0.130. The maximum atomic E-state index is 11.0. The summed E-state index contributed by atoms with van der Waals surface area (Å²) in [6.45, 7) is 1.74. The smallest absolute Gasteiger partial charge is 0.154 e. The summed E-state index contributed by atoms with van der Waals surface area (Å²) in [5.74, 6) is -0.0383. The Balaban J connectivity index is 2.68. The van der Waals surface area contributed by atoms with Crippen molar-refractivity contribution in [3.05, 3.63) is 46.5 Å². The molecule has 2 aromatic carbocycles. The maximum absolute atomic E-state index is 11.0. The van der Waals surface area contributed by atoms with Crippen LogP contribution in [0.5, 0.6) is 11.5 Å². The number of phenols is 2. The van der Waals surface area contributed by atoms with Crippen LogP contribution < -0.4 is 0 Å². The molecule has 0 heterocycles. The van der Waals surface area contributed by atoms with Crippen molar-refractivity contribution in [1.29, 1.82) is 0 Å². The molecular formula is C14H11ClO3. The van der Waals surface area contributed by atoms with Crippen molar-refractivity contribution in [2.24, 2.45) is 0 Å². The first kappa shape index (κ1) is 12.5. The van der Waals surface area contributed by atoms with Gasteiger partial charge >= 0.3 is 0 Å². The Morgan fingerprint density at radius 3 is 2.33 bits per heavy atom. The number of hydrogen-bond donors (Lipinski definition) is 2. The molecular weight excluding hydrogens is 252 g/mol. The molecule has 0 atom stereocenters. The number of hydrogen-bond acceptors (Lipinski definition) is 3. The van der Waals surface area contributed by atoms with Gasteiger partial charge in [0.15, 0.2) is 6.29 Å². The van der Waals surface area contributed by atoms with Crippen molar-refractivity contribution in [2.45, 2.75) is 6.92 Å². The molecule has 2 N–H and O–H groups in total. The zero-order valence-corrected chi connectivity index (χ0v) is 10.4. The lowest BCUT2D eigenvalue weighted by Gasteiger charge is -2.11. The van der Waals surface area contributed by atoms with Crippen LogP contribution in [0.25, 0.3) is 11.1 Å². The zero-order chi connectivity index (χ0) is 13.3. The SMILES string of the molecule is Cc1c(-c2ccc(O)cc2)cc(Cl)c(O)c1C=O. The average molecular weight is 263 g/mol. The van der Waals surface area contributed by atoms with Gasteiger partial charge in [-0.25, -0.2) is 0 Å². The lowest BCUT2D eigenvalue weighted by atomic mass is 9.96. The van der Waals surface area contributed by atoms with Gasteiger partial charge in [-0.3, -0.25) is 4.79 Å². The Hall–Kier alpha value is -2.00. The lowest BCUT2D eigenvalue weighted by molar-refractivity contribution is 0.112. The van der Waals surface area contributed by atoms with Crippen molar-refractivity contribution in [3.8, 4) is 22.6 Å². The summed E-state index contributed by atoms with van der Waals surface area (Å²) in [6, 6.07) is 8.15. The third-order valence-corrected chi connectivity index (χ3v) is 3.14. The number of halogens is 1. The molecule has 0 saturated carbocycles. The zero-order valence-electron chi connectivity index (χ0n) is 9.64. The highest BCUT2D eigenvalue weighted by molar-refractivity contribution is 6.32. The fraction of sp³-hybridized carbons (Fsp3) is 0.0714. The van der Waals surface area contributed by atoms with Gasteiger partial charge in [-0.1, -0.05) is 23.7 Å². The first-order valence-corrected chi connectivity index (χ1v) is 5.69. The summed E-state index contributed by atoms with van der Waals surface area (Å²) in [6.07, 6.45) is 0.584. The molecule has 2 rings (SSSR count). The molecule has 0 saturated heterocycles. The van der Waals surface area contributed by atoms with Gasteiger partial charge < -0.3 is 10.2 Å². The van der Waals surface area contributed by atoms with Gasteiger partial charge in [0.25, 0.3) is 0 Å². The van der Waals surface area contributed by atoms with Crippen molar-refractivity contribution >= 4 is 17.9 Å². The van der Waals surface area contributed by atoms with Gasteiger partial charge in [-0.05, 0) is 41.8 Å². The summed E-state index contributed by atoms with van der Waals surface area (Å²) in [5.41, 5.74) is 2.40. The second-order valence-electron chi connectivity index (χ2n) is 3.96. The highest BCUT2D eigenvalue weighted by Gasteiger charge is 2.14. The molecule has 0 aromatic heterocycles. The predicted molar refractivity (Wildman–Crippen MR) is 70.3 cm³/mol. The first-order valence-electron chi connectivity index (χ1n) is 5.31. The number of phenolic OH excluding ortho intramolecular Hbond substituents is 2. The van der Waals surface area contributed by atoms with Crippen LogP contribution in [0.3, 0.4) is 0 Å². The molecule has 0 bridgehead atoms. The molecule has 0 aliphatic carbocycles. The highest BCUT2D eigenvalue weighted by atomic mass is 35.5. The fourth-order valence-electron chi connectivity index (χ4n) is 1.84. The number of aldehydes is 1. The van der Waals surface area contributed by atoms with Crippen molar-refractivity contribution in [3.63, 3.8) is 0 Å². The van der Waals surface area contributed by atoms with Crippen LogP contribution in [0.15, 0.2) is 30.3 Å². The van der Waals surface area contributed by atoms with E-state index in [4.69, 9.17) is 11.6 Å². The van der Waals surface area contributed by atoms with Gasteiger partial charge in [0, 0.05) is 0 Å². The second-order valence-corrected chi connectivity index (χ2v) is 4.37. The van der Waals surface area contributed by atoms with Gasteiger partial charge in [-0.15, -0.1) is 0 Å².